The van der Waals surface area contributed by atoms with Gasteiger partial charge in [0.25, 0.3) is 0 Å². The van der Waals surface area contributed by atoms with Crippen LogP contribution in [0.15, 0.2) is 22.9 Å². The van der Waals surface area contributed by atoms with E-state index in [-0.39, 0.29) is 6.03 Å². The molecule has 0 saturated carbocycles. The number of aryl methyl sites for hydroxylation is 1. The number of aromatic nitrogens is 3. The Bertz CT molecular complexity index is 718. The quantitative estimate of drug-likeness (QED) is 0.895. The van der Waals surface area contributed by atoms with Crippen molar-refractivity contribution in [2.45, 2.75) is 33.1 Å². The molecule has 3 heterocycles. The number of nitrogens with one attached hydrogen (secondary N) is 1. The number of carbonyl (C=O) groups is 1. The number of likely N-dealkylation sites (tertiary alicyclic amines) is 1. The predicted molar refractivity (Wildman–Crippen MR) is 91.5 cm³/mol. The van der Waals surface area contributed by atoms with Crippen molar-refractivity contribution in [1.82, 2.24) is 20.0 Å². The summed E-state index contributed by atoms with van der Waals surface area (Å²) in [7, 11) is 0. The van der Waals surface area contributed by atoms with Crippen molar-refractivity contribution in [3.8, 4) is 5.88 Å². The normalized spacial score (nSPS) is 17.4. The van der Waals surface area contributed by atoms with Crippen LogP contribution < -0.4 is 10.1 Å². The van der Waals surface area contributed by atoms with Crippen LogP contribution in [0.2, 0.25) is 0 Å². The third-order valence-corrected chi connectivity index (χ3v) is 4.13. The molecule has 134 valence electrons. The fraction of sp³-hybridized carbons (Fsp3) is 0.529. The minimum Gasteiger partial charge on any atom is -0.476 e. The van der Waals surface area contributed by atoms with Gasteiger partial charge in [-0.15, -0.1) is 0 Å². The number of rotatable bonds is 5. The molecule has 0 bridgehead atoms. The summed E-state index contributed by atoms with van der Waals surface area (Å²) in [6, 6.07) is 3.42. The average molecular weight is 345 g/mol. The molecule has 1 saturated heterocycles. The topological polar surface area (TPSA) is 93.4 Å². The van der Waals surface area contributed by atoms with Crippen LogP contribution in [0.1, 0.15) is 31.5 Å². The summed E-state index contributed by atoms with van der Waals surface area (Å²) >= 11 is 0. The predicted octanol–water partition coefficient (Wildman–Crippen LogP) is 2.66. The fourth-order valence-corrected chi connectivity index (χ4v) is 3.02. The second-order valence-corrected chi connectivity index (χ2v) is 6.11. The lowest BCUT2D eigenvalue weighted by Gasteiger charge is -2.32. The highest BCUT2D eigenvalue weighted by Gasteiger charge is 2.26. The lowest BCUT2D eigenvalue weighted by atomic mass is 9.95. The Morgan fingerprint density at radius 2 is 2.40 bits per heavy atom. The molecule has 2 aromatic rings. The molecule has 8 heteroatoms. The standard InChI is InChI=1S/C17H23N5O3/c1-3-24-16-14(7-4-8-18-16)20-17(23)22-9-5-6-13(11-22)10-15-19-12(2)21-25-15/h4,7-8,13H,3,5-6,9-11H2,1-2H3,(H,20,23). The first kappa shape index (κ1) is 17.2. The number of nitrogens with zero attached hydrogens (tertiary/aromatic N) is 4. The molecule has 0 aromatic carbocycles. The summed E-state index contributed by atoms with van der Waals surface area (Å²) in [5.74, 6) is 2.03. The molecule has 1 aliphatic heterocycles. The van der Waals surface area contributed by atoms with Gasteiger partial charge < -0.3 is 19.5 Å². The summed E-state index contributed by atoms with van der Waals surface area (Å²) in [6.07, 6.45) is 4.34. The number of hydrogen-bond acceptors (Lipinski definition) is 6. The van der Waals surface area contributed by atoms with Crippen molar-refractivity contribution in [2.75, 3.05) is 25.0 Å². The Morgan fingerprint density at radius 3 is 3.16 bits per heavy atom. The van der Waals surface area contributed by atoms with Crippen molar-refractivity contribution < 1.29 is 14.1 Å². The Hall–Kier alpha value is -2.64. The molecule has 25 heavy (non-hydrogen) atoms. The molecule has 0 aliphatic carbocycles. The van der Waals surface area contributed by atoms with E-state index in [1.54, 1.807) is 25.3 Å². The molecule has 2 amide bonds. The van der Waals surface area contributed by atoms with Gasteiger partial charge in [-0.3, -0.25) is 0 Å². The van der Waals surface area contributed by atoms with E-state index in [0.29, 0.717) is 48.8 Å². The Balaban J connectivity index is 1.60. The van der Waals surface area contributed by atoms with Gasteiger partial charge in [0.2, 0.25) is 11.8 Å². The first-order valence-corrected chi connectivity index (χ1v) is 8.58. The van der Waals surface area contributed by atoms with Crippen LogP contribution in [0.4, 0.5) is 10.5 Å². The fourth-order valence-electron chi connectivity index (χ4n) is 3.02. The van der Waals surface area contributed by atoms with Gasteiger partial charge in [0.1, 0.15) is 5.69 Å². The van der Waals surface area contributed by atoms with Crippen LogP contribution in [0.3, 0.4) is 0 Å². The third-order valence-electron chi connectivity index (χ3n) is 4.13. The average Bonchev–Trinajstić information content (AvgIpc) is 3.02. The van der Waals surface area contributed by atoms with Crippen LogP contribution in [0, 0.1) is 12.8 Å². The van der Waals surface area contributed by atoms with Crippen molar-refractivity contribution >= 4 is 11.7 Å². The zero-order valence-electron chi connectivity index (χ0n) is 14.6. The van der Waals surface area contributed by atoms with Crippen molar-refractivity contribution in [1.29, 1.82) is 0 Å². The zero-order valence-corrected chi connectivity index (χ0v) is 14.6. The molecule has 1 aliphatic rings. The van der Waals surface area contributed by atoms with E-state index in [1.807, 2.05) is 11.8 Å². The van der Waals surface area contributed by atoms with Crippen molar-refractivity contribution in [2.24, 2.45) is 5.92 Å². The van der Waals surface area contributed by atoms with Gasteiger partial charge in [-0.1, -0.05) is 5.16 Å². The van der Waals surface area contributed by atoms with Gasteiger partial charge in [-0.05, 0) is 44.7 Å². The number of piperidine rings is 1. The number of carbonyl (C=O) groups excluding carboxylic acids is 1. The van der Waals surface area contributed by atoms with Gasteiger partial charge >= 0.3 is 6.03 Å². The van der Waals surface area contributed by atoms with E-state index in [9.17, 15) is 4.79 Å². The maximum Gasteiger partial charge on any atom is 0.322 e. The van der Waals surface area contributed by atoms with Crippen molar-refractivity contribution in [3.05, 3.63) is 30.0 Å². The first-order chi connectivity index (χ1) is 12.2. The third kappa shape index (κ3) is 4.46. The van der Waals surface area contributed by atoms with Gasteiger partial charge in [-0.2, -0.15) is 4.98 Å². The molecule has 1 unspecified atom stereocenters. The second kappa shape index (κ2) is 7.96. The highest BCUT2D eigenvalue weighted by Crippen LogP contribution is 2.24. The smallest absolute Gasteiger partial charge is 0.322 e. The molecule has 2 aromatic heterocycles. The van der Waals surface area contributed by atoms with Crippen LogP contribution in [-0.4, -0.2) is 45.8 Å². The summed E-state index contributed by atoms with van der Waals surface area (Å²) in [6.45, 7) is 5.58. The van der Waals surface area contributed by atoms with Crippen molar-refractivity contribution in [3.63, 3.8) is 0 Å². The molecule has 1 N–H and O–H groups in total. The number of anilines is 1. The largest absolute Gasteiger partial charge is 0.476 e. The van der Waals surface area contributed by atoms with Gasteiger partial charge in [0.15, 0.2) is 5.82 Å². The summed E-state index contributed by atoms with van der Waals surface area (Å²) in [5, 5.41) is 6.72. The summed E-state index contributed by atoms with van der Waals surface area (Å²) in [4.78, 5) is 22.8. The molecule has 1 fully saturated rings. The molecule has 1 atom stereocenters. The Kier molecular flexibility index (Phi) is 5.47. The van der Waals surface area contributed by atoms with Crippen LogP contribution in [0.25, 0.3) is 0 Å². The van der Waals surface area contributed by atoms with E-state index in [4.69, 9.17) is 9.26 Å². The number of hydrogen-bond donors (Lipinski definition) is 1. The molecule has 8 nitrogen and oxygen atoms in total. The monoisotopic (exact) mass is 345 g/mol. The van der Waals surface area contributed by atoms with Crippen LogP contribution in [0.5, 0.6) is 5.88 Å². The summed E-state index contributed by atoms with van der Waals surface area (Å²) < 4.78 is 10.7. The van der Waals surface area contributed by atoms with Crippen LogP contribution >= 0.6 is 0 Å². The van der Waals surface area contributed by atoms with E-state index >= 15 is 0 Å². The number of ether oxygens (including phenoxy) is 1. The van der Waals surface area contributed by atoms with Gasteiger partial charge in [0, 0.05) is 25.7 Å². The van der Waals surface area contributed by atoms with E-state index in [1.165, 1.54) is 0 Å². The molecule has 3 rings (SSSR count). The SMILES string of the molecule is CCOc1ncccc1NC(=O)N1CCCC(Cc2nc(C)no2)C1. The minimum atomic E-state index is -0.139. The zero-order chi connectivity index (χ0) is 17.6. The minimum absolute atomic E-state index is 0.139. The lowest BCUT2D eigenvalue weighted by molar-refractivity contribution is 0.173. The Morgan fingerprint density at radius 1 is 1.52 bits per heavy atom. The highest BCUT2D eigenvalue weighted by molar-refractivity contribution is 5.90. The maximum absolute atomic E-state index is 12.6. The first-order valence-electron chi connectivity index (χ1n) is 8.58. The van der Waals surface area contributed by atoms with Crippen LogP contribution in [-0.2, 0) is 6.42 Å². The molecular formula is C17H23N5O3. The van der Waals surface area contributed by atoms with Gasteiger partial charge in [-0.25, -0.2) is 9.78 Å². The highest BCUT2D eigenvalue weighted by atomic mass is 16.5. The molecular weight excluding hydrogens is 322 g/mol. The van der Waals surface area contributed by atoms with E-state index in [0.717, 1.165) is 19.4 Å². The second-order valence-electron chi connectivity index (χ2n) is 6.11. The number of amides is 2. The maximum atomic E-state index is 12.6. The molecule has 0 radical (unpaired) electrons. The van der Waals surface area contributed by atoms with E-state index in [2.05, 4.69) is 20.4 Å². The van der Waals surface area contributed by atoms with Gasteiger partial charge in [0.05, 0.1) is 6.61 Å². The van der Waals surface area contributed by atoms with E-state index < -0.39 is 0 Å². The Labute approximate surface area is 146 Å². The molecule has 0 spiro atoms. The number of urea groups is 1. The number of pyridine rings is 1. The summed E-state index contributed by atoms with van der Waals surface area (Å²) in [5.41, 5.74) is 0.587. The lowest BCUT2D eigenvalue weighted by Crippen LogP contribution is -2.42.